The highest BCUT2D eigenvalue weighted by atomic mass is 15.2. The van der Waals surface area contributed by atoms with Gasteiger partial charge in [0.1, 0.15) is 0 Å². The highest BCUT2D eigenvalue weighted by Gasteiger charge is 2.23. The Kier molecular flexibility index (Phi) is 3.76. The van der Waals surface area contributed by atoms with E-state index in [1.165, 1.54) is 22.4 Å². The zero-order chi connectivity index (χ0) is 14.0. The molecule has 2 rings (SSSR count). The van der Waals surface area contributed by atoms with Gasteiger partial charge >= 0.3 is 0 Å². The summed E-state index contributed by atoms with van der Waals surface area (Å²) < 4.78 is 1.92. The molecule has 0 spiro atoms. The summed E-state index contributed by atoms with van der Waals surface area (Å²) >= 11 is 0. The average Bonchev–Trinajstić information content (AvgIpc) is 2.75. The third-order valence-electron chi connectivity index (χ3n) is 3.83. The molecular weight excluding hydrogens is 234 g/mol. The van der Waals surface area contributed by atoms with Gasteiger partial charge in [0.2, 0.25) is 0 Å². The summed E-state index contributed by atoms with van der Waals surface area (Å²) in [6, 6.07) is 8.55. The largest absolute Gasteiger partial charge is 0.322 e. The first-order valence-corrected chi connectivity index (χ1v) is 6.73. The Hall–Kier alpha value is -1.61. The molecule has 0 amide bonds. The monoisotopic (exact) mass is 257 g/mol. The molecular formula is C16H23N3. The van der Waals surface area contributed by atoms with E-state index in [9.17, 15) is 0 Å². The van der Waals surface area contributed by atoms with E-state index in [2.05, 4.69) is 50.1 Å². The van der Waals surface area contributed by atoms with Crippen LogP contribution in [0.3, 0.4) is 0 Å². The second-order valence-corrected chi connectivity index (χ2v) is 5.68. The SMILES string of the molecule is Cc1ccc(C)c(C(C)(N)CCc2ccnn2C)c1. The minimum atomic E-state index is -0.305. The van der Waals surface area contributed by atoms with E-state index in [0.29, 0.717) is 0 Å². The fourth-order valence-corrected chi connectivity index (χ4v) is 2.52. The summed E-state index contributed by atoms with van der Waals surface area (Å²) in [6.07, 6.45) is 3.69. The van der Waals surface area contributed by atoms with Gasteiger partial charge in [-0.15, -0.1) is 0 Å². The second-order valence-electron chi connectivity index (χ2n) is 5.68. The van der Waals surface area contributed by atoms with E-state index in [1.807, 2.05) is 17.9 Å². The van der Waals surface area contributed by atoms with Crippen molar-refractivity contribution in [3.8, 4) is 0 Å². The maximum Gasteiger partial charge on any atom is 0.0492 e. The fourth-order valence-electron chi connectivity index (χ4n) is 2.52. The van der Waals surface area contributed by atoms with Crippen LogP contribution in [-0.4, -0.2) is 9.78 Å². The summed E-state index contributed by atoms with van der Waals surface area (Å²) in [7, 11) is 1.97. The number of aryl methyl sites for hydroxylation is 4. The van der Waals surface area contributed by atoms with Crippen molar-refractivity contribution in [1.82, 2.24) is 9.78 Å². The van der Waals surface area contributed by atoms with Gasteiger partial charge in [0.25, 0.3) is 0 Å². The van der Waals surface area contributed by atoms with Gasteiger partial charge < -0.3 is 5.73 Å². The van der Waals surface area contributed by atoms with Crippen LogP contribution in [0.25, 0.3) is 0 Å². The van der Waals surface area contributed by atoms with Crippen molar-refractivity contribution in [3.63, 3.8) is 0 Å². The number of hydrogen-bond acceptors (Lipinski definition) is 2. The standard InChI is InChI=1S/C16H23N3/c1-12-5-6-13(2)15(11-12)16(3,17)9-7-14-8-10-18-19(14)4/h5-6,8,10-11H,7,9,17H2,1-4H3. The van der Waals surface area contributed by atoms with Crippen molar-refractivity contribution >= 4 is 0 Å². The minimum Gasteiger partial charge on any atom is -0.322 e. The summed E-state index contributed by atoms with van der Waals surface area (Å²) in [5.74, 6) is 0. The van der Waals surface area contributed by atoms with Crippen LogP contribution in [0.2, 0.25) is 0 Å². The van der Waals surface area contributed by atoms with Crippen molar-refractivity contribution in [2.75, 3.05) is 0 Å². The molecule has 0 saturated heterocycles. The molecule has 2 N–H and O–H groups in total. The van der Waals surface area contributed by atoms with Crippen LogP contribution in [0.4, 0.5) is 0 Å². The summed E-state index contributed by atoms with van der Waals surface area (Å²) in [6.45, 7) is 6.36. The van der Waals surface area contributed by atoms with Gasteiger partial charge in [0.05, 0.1) is 0 Å². The zero-order valence-electron chi connectivity index (χ0n) is 12.3. The minimum absolute atomic E-state index is 0.305. The number of aromatic nitrogens is 2. The fraction of sp³-hybridized carbons (Fsp3) is 0.438. The van der Waals surface area contributed by atoms with Gasteiger partial charge in [-0.2, -0.15) is 5.10 Å². The topological polar surface area (TPSA) is 43.8 Å². The number of hydrogen-bond donors (Lipinski definition) is 1. The first-order chi connectivity index (χ1) is 8.90. The predicted octanol–water partition coefficient (Wildman–Crippen LogP) is 2.84. The smallest absolute Gasteiger partial charge is 0.0492 e. The van der Waals surface area contributed by atoms with Gasteiger partial charge in [-0.1, -0.05) is 23.8 Å². The Bertz CT molecular complexity index is 567. The molecule has 19 heavy (non-hydrogen) atoms. The Balaban J connectivity index is 2.18. The molecule has 0 aliphatic carbocycles. The normalized spacial score (nSPS) is 14.4. The van der Waals surface area contributed by atoms with Crippen LogP contribution in [0.5, 0.6) is 0 Å². The third kappa shape index (κ3) is 3.04. The molecule has 0 fully saturated rings. The van der Waals surface area contributed by atoms with Crippen LogP contribution in [0.1, 0.15) is 35.7 Å². The molecule has 3 heteroatoms. The Morgan fingerprint density at radius 2 is 2.00 bits per heavy atom. The predicted molar refractivity (Wildman–Crippen MR) is 79.0 cm³/mol. The lowest BCUT2D eigenvalue weighted by Crippen LogP contribution is -2.34. The molecule has 0 saturated carbocycles. The molecule has 0 bridgehead atoms. The van der Waals surface area contributed by atoms with Crippen LogP contribution >= 0.6 is 0 Å². The quantitative estimate of drug-likeness (QED) is 0.915. The summed E-state index contributed by atoms with van der Waals surface area (Å²) in [5, 5.41) is 4.20. The molecule has 1 aromatic carbocycles. The van der Waals surface area contributed by atoms with Gasteiger partial charge in [-0.3, -0.25) is 4.68 Å². The molecule has 0 aliphatic rings. The lowest BCUT2D eigenvalue weighted by Gasteiger charge is -2.27. The maximum atomic E-state index is 6.54. The molecule has 1 heterocycles. The Labute approximate surface area is 115 Å². The first kappa shape index (κ1) is 13.8. The third-order valence-corrected chi connectivity index (χ3v) is 3.83. The van der Waals surface area contributed by atoms with E-state index in [1.54, 1.807) is 0 Å². The molecule has 0 aliphatic heterocycles. The Morgan fingerprint density at radius 3 is 2.63 bits per heavy atom. The summed E-state index contributed by atoms with van der Waals surface area (Å²) in [5.41, 5.74) is 11.2. The number of rotatable bonds is 4. The van der Waals surface area contributed by atoms with Gasteiger partial charge in [-0.25, -0.2) is 0 Å². The molecule has 102 valence electrons. The first-order valence-electron chi connectivity index (χ1n) is 6.73. The van der Waals surface area contributed by atoms with Crippen molar-refractivity contribution < 1.29 is 0 Å². The number of nitrogens with zero attached hydrogens (tertiary/aromatic N) is 2. The molecule has 1 atom stereocenters. The lowest BCUT2D eigenvalue weighted by molar-refractivity contribution is 0.443. The molecule has 3 nitrogen and oxygen atoms in total. The van der Waals surface area contributed by atoms with E-state index in [0.717, 1.165) is 12.8 Å². The summed E-state index contributed by atoms with van der Waals surface area (Å²) in [4.78, 5) is 0. The van der Waals surface area contributed by atoms with Crippen LogP contribution in [0, 0.1) is 13.8 Å². The van der Waals surface area contributed by atoms with E-state index in [-0.39, 0.29) is 5.54 Å². The van der Waals surface area contributed by atoms with Gasteiger partial charge in [0, 0.05) is 24.5 Å². The Morgan fingerprint density at radius 1 is 1.26 bits per heavy atom. The van der Waals surface area contributed by atoms with Crippen LogP contribution < -0.4 is 5.73 Å². The van der Waals surface area contributed by atoms with Crippen LogP contribution in [0.15, 0.2) is 30.5 Å². The zero-order valence-corrected chi connectivity index (χ0v) is 12.3. The molecule has 1 aromatic heterocycles. The van der Waals surface area contributed by atoms with E-state index >= 15 is 0 Å². The van der Waals surface area contributed by atoms with Gasteiger partial charge in [0.15, 0.2) is 0 Å². The van der Waals surface area contributed by atoms with Crippen molar-refractivity contribution in [2.45, 2.75) is 39.2 Å². The maximum absolute atomic E-state index is 6.54. The highest BCUT2D eigenvalue weighted by molar-refractivity contribution is 5.35. The number of benzene rings is 1. The molecule has 0 radical (unpaired) electrons. The average molecular weight is 257 g/mol. The number of nitrogens with two attached hydrogens (primary N) is 1. The van der Waals surface area contributed by atoms with E-state index in [4.69, 9.17) is 5.73 Å². The molecule has 1 unspecified atom stereocenters. The van der Waals surface area contributed by atoms with Crippen molar-refractivity contribution in [3.05, 3.63) is 52.8 Å². The van der Waals surface area contributed by atoms with Gasteiger partial charge in [-0.05, 0) is 50.8 Å². The van der Waals surface area contributed by atoms with Crippen molar-refractivity contribution in [1.29, 1.82) is 0 Å². The van der Waals surface area contributed by atoms with E-state index < -0.39 is 0 Å². The lowest BCUT2D eigenvalue weighted by atomic mass is 9.84. The highest BCUT2D eigenvalue weighted by Crippen LogP contribution is 2.27. The molecule has 2 aromatic rings. The second kappa shape index (κ2) is 5.17. The van der Waals surface area contributed by atoms with Crippen LogP contribution in [-0.2, 0) is 19.0 Å². The van der Waals surface area contributed by atoms with Crippen molar-refractivity contribution in [2.24, 2.45) is 12.8 Å².